The second-order valence-electron chi connectivity index (χ2n) is 29.1. The van der Waals surface area contributed by atoms with Crippen molar-refractivity contribution >= 4 is 17.9 Å². The molecule has 0 radical (unpaired) electrons. The van der Waals surface area contributed by atoms with E-state index in [4.69, 9.17) is 18.9 Å². The molecule has 0 saturated heterocycles. The van der Waals surface area contributed by atoms with Crippen molar-refractivity contribution < 1.29 is 42.9 Å². The molecule has 0 aromatic carbocycles. The molecule has 0 spiro atoms. The first-order valence-electron chi connectivity index (χ1n) is 41.7. The van der Waals surface area contributed by atoms with E-state index in [1.54, 1.807) is 0 Å². The van der Waals surface area contributed by atoms with E-state index in [1.807, 2.05) is 21.1 Å². The van der Waals surface area contributed by atoms with Crippen LogP contribution in [0.5, 0.6) is 0 Å². The molecule has 570 valence electrons. The zero-order valence-electron chi connectivity index (χ0n) is 65.4. The van der Waals surface area contributed by atoms with E-state index >= 15 is 0 Å². The topological polar surface area (TPSA) is 108 Å². The second kappa shape index (κ2) is 79.4. The normalized spacial score (nSPS) is 13.3. The fourth-order valence-corrected chi connectivity index (χ4v) is 11.9. The van der Waals surface area contributed by atoms with Gasteiger partial charge in [-0.25, -0.2) is 4.79 Å². The van der Waals surface area contributed by atoms with Gasteiger partial charge < -0.3 is 28.5 Å². The molecule has 0 saturated carbocycles. The number of likely N-dealkylation sites (N-methyl/N-ethyl adjacent to an activating group) is 1. The summed E-state index contributed by atoms with van der Waals surface area (Å²) in [6.07, 6.45) is 111. The van der Waals surface area contributed by atoms with Crippen molar-refractivity contribution in [3.63, 3.8) is 0 Å². The highest BCUT2D eigenvalue weighted by Crippen LogP contribution is 2.19. The zero-order chi connectivity index (χ0) is 71.8. The Morgan fingerprint density at radius 2 is 0.576 bits per heavy atom. The Morgan fingerprint density at radius 3 is 0.859 bits per heavy atom. The van der Waals surface area contributed by atoms with E-state index < -0.39 is 24.3 Å². The fraction of sp³-hybridized carbons (Fsp3) is 0.744. The van der Waals surface area contributed by atoms with Crippen LogP contribution in [0.3, 0.4) is 0 Å². The molecule has 0 rings (SSSR count). The maximum absolute atomic E-state index is 13.0. The summed E-state index contributed by atoms with van der Waals surface area (Å²) in [7, 11) is 5.98. The van der Waals surface area contributed by atoms with Gasteiger partial charge in [0.15, 0.2) is 6.10 Å². The summed E-state index contributed by atoms with van der Waals surface area (Å²) in [6.45, 7) is 4.80. The molecule has 0 aliphatic rings. The average molecular weight is 1380 g/mol. The minimum Gasteiger partial charge on any atom is -0.477 e. The van der Waals surface area contributed by atoms with Gasteiger partial charge >= 0.3 is 17.9 Å². The average Bonchev–Trinajstić information content (AvgIpc) is 1.14. The van der Waals surface area contributed by atoms with Gasteiger partial charge in [0, 0.05) is 12.8 Å². The quantitative estimate of drug-likeness (QED) is 0.0211. The molecule has 0 heterocycles. The van der Waals surface area contributed by atoms with Gasteiger partial charge in [-0.3, -0.25) is 9.59 Å². The summed E-state index contributed by atoms with van der Waals surface area (Å²) < 4.78 is 23.0. The van der Waals surface area contributed by atoms with Gasteiger partial charge in [-0.2, -0.15) is 0 Å². The first kappa shape index (κ1) is 94.7. The van der Waals surface area contributed by atoms with Gasteiger partial charge in [0.1, 0.15) is 13.2 Å². The minimum absolute atomic E-state index is 0.182. The van der Waals surface area contributed by atoms with E-state index in [2.05, 4.69) is 135 Å². The molecule has 0 aliphatic carbocycles. The standard InChI is InChI=1S/C90H157NO8/c1-6-8-10-12-14-16-18-20-22-24-26-28-30-32-34-36-38-40-42-43-44-45-47-49-51-53-55-57-59-61-63-65-67-69-71-73-75-77-79-81-88(93)99-86(85-98-90(89(94)95)96-83-82-91(3,4)5)84-97-87(92)80-78-76-74-72-70-68-66-64-62-60-58-56-54-52-50-48-46-41-39-37-35-33-31-29-27-25-23-21-19-17-15-13-11-9-7-2/h8,10,14,16,20,22,26,28,32,34,38,40,43-44,47,49,53,55,59,61,86,90H,6-7,9,11-13,15,17-19,21,23-25,27,29-31,33,35-37,39,41-42,45-46,48,50-52,54,56-58,60,62-85H2,1-5H3/p+1/b10-8-,16-14-,22-20-,28-26-,34-32-,40-38-,44-43-,49-47-,55-53-,61-59-. The van der Waals surface area contributed by atoms with Gasteiger partial charge in [0.05, 0.1) is 34.4 Å². The predicted octanol–water partition coefficient (Wildman–Crippen LogP) is 27.0. The number of carbonyl (C=O) groups excluding carboxylic acids is 2. The van der Waals surface area contributed by atoms with Crippen molar-refractivity contribution in [3.8, 4) is 0 Å². The van der Waals surface area contributed by atoms with E-state index in [-0.39, 0.29) is 32.2 Å². The number of nitrogens with zero attached hydrogens (tertiary/aromatic N) is 1. The van der Waals surface area contributed by atoms with Crippen molar-refractivity contribution in [2.75, 3.05) is 47.5 Å². The first-order valence-corrected chi connectivity index (χ1v) is 41.7. The molecule has 0 bridgehead atoms. The highest BCUT2D eigenvalue weighted by Gasteiger charge is 2.25. The molecule has 0 aromatic heterocycles. The molecule has 2 atom stereocenters. The number of hydrogen-bond acceptors (Lipinski definition) is 7. The summed E-state index contributed by atoms with van der Waals surface area (Å²) in [5.41, 5.74) is 0. The van der Waals surface area contributed by atoms with Crippen molar-refractivity contribution in [3.05, 3.63) is 122 Å². The Labute approximate surface area is 612 Å². The highest BCUT2D eigenvalue weighted by molar-refractivity contribution is 5.71. The number of esters is 2. The molecule has 9 nitrogen and oxygen atoms in total. The minimum atomic E-state index is -1.52. The molecule has 2 unspecified atom stereocenters. The third kappa shape index (κ3) is 80.9. The molecule has 0 aromatic rings. The maximum Gasteiger partial charge on any atom is 0.361 e. The lowest BCUT2D eigenvalue weighted by molar-refractivity contribution is -0.870. The number of quaternary nitrogens is 1. The van der Waals surface area contributed by atoms with Crippen molar-refractivity contribution in [2.45, 2.75) is 386 Å². The zero-order valence-corrected chi connectivity index (χ0v) is 65.4. The van der Waals surface area contributed by atoms with Crippen LogP contribution in [-0.4, -0.2) is 87.4 Å². The first-order chi connectivity index (χ1) is 48.6. The Bertz CT molecular complexity index is 2050. The third-order valence-corrected chi connectivity index (χ3v) is 18.2. The third-order valence-electron chi connectivity index (χ3n) is 18.2. The van der Waals surface area contributed by atoms with Gasteiger partial charge in [-0.05, 0) is 89.9 Å². The molecule has 9 heteroatoms. The fourth-order valence-electron chi connectivity index (χ4n) is 11.9. The van der Waals surface area contributed by atoms with Crippen LogP contribution < -0.4 is 0 Å². The number of unbranched alkanes of at least 4 members (excludes halogenated alkanes) is 42. The predicted molar refractivity (Wildman–Crippen MR) is 428 cm³/mol. The van der Waals surface area contributed by atoms with Gasteiger partial charge in [-0.1, -0.05) is 392 Å². The van der Waals surface area contributed by atoms with E-state index in [0.29, 0.717) is 23.9 Å². The molecular weight excluding hydrogens is 1220 g/mol. The number of carboxylic acids is 1. The maximum atomic E-state index is 13.0. The van der Waals surface area contributed by atoms with Crippen LogP contribution in [0.2, 0.25) is 0 Å². The van der Waals surface area contributed by atoms with E-state index in [0.717, 1.165) is 109 Å². The van der Waals surface area contributed by atoms with Crippen LogP contribution in [0.15, 0.2) is 122 Å². The Hall–Kier alpha value is -4.31. The summed E-state index contributed by atoms with van der Waals surface area (Å²) in [6, 6.07) is 0. The SMILES string of the molecule is CC/C=C\C/C=C\C/C=C\C/C=C\C/C=C\C/C=C\C/C=C\C/C=C\C/C=C\C/C=C\CCCCCCCCCCC(=O)OC(COC(=O)CCCCCCCCCCCCCCCCCCCCCCCCCCCCCCCCCCCCC)COC(OCC[N+](C)(C)C)C(=O)O. The number of hydrogen-bond donors (Lipinski definition) is 1. The van der Waals surface area contributed by atoms with Crippen LogP contribution in [0.4, 0.5) is 0 Å². The Kier molecular flexibility index (Phi) is 75.9. The van der Waals surface area contributed by atoms with Gasteiger partial charge in [0.2, 0.25) is 0 Å². The number of carbonyl (C=O) groups is 3. The van der Waals surface area contributed by atoms with E-state index in [1.165, 1.54) is 231 Å². The highest BCUT2D eigenvalue weighted by atomic mass is 16.7. The number of carboxylic acid groups (broad SMARTS) is 1. The molecule has 0 aliphatic heterocycles. The summed E-state index contributed by atoms with van der Waals surface area (Å²) in [5.74, 6) is -2.01. The number of ether oxygens (including phenoxy) is 4. The van der Waals surface area contributed by atoms with Gasteiger partial charge in [0.25, 0.3) is 6.29 Å². The molecule has 99 heavy (non-hydrogen) atoms. The molecular formula is C90H158NO8+. The molecule has 0 amide bonds. The second-order valence-corrected chi connectivity index (χ2v) is 29.1. The Morgan fingerprint density at radius 1 is 0.313 bits per heavy atom. The summed E-state index contributed by atoms with van der Waals surface area (Å²) in [4.78, 5) is 37.8. The summed E-state index contributed by atoms with van der Waals surface area (Å²) in [5, 5.41) is 9.78. The molecule has 1 N–H and O–H groups in total. The van der Waals surface area contributed by atoms with Gasteiger partial charge in [-0.15, -0.1) is 0 Å². The van der Waals surface area contributed by atoms with Crippen molar-refractivity contribution in [2.24, 2.45) is 0 Å². The lowest BCUT2D eigenvalue weighted by atomic mass is 10.0. The van der Waals surface area contributed by atoms with Crippen LogP contribution in [0, 0.1) is 0 Å². The number of allylic oxidation sites excluding steroid dienone is 20. The number of rotatable bonds is 77. The Balaban J connectivity index is 4.06. The lowest BCUT2D eigenvalue weighted by Crippen LogP contribution is -2.40. The smallest absolute Gasteiger partial charge is 0.361 e. The lowest BCUT2D eigenvalue weighted by Gasteiger charge is -2.25. The van der Waals surface area contributed by atoms with Crippen molar-refractivity contribution in [1.82, 2.24) is 0 Å². The number of aliphatic carboxylic acids is 1. The molecule has 0 fully saturated rings. The summed E-state index contributed by atoms with van der Waals surface area (Å²) >= 11 is 0. The monoisotopic (exact) mass is 1380 g/mol. The van der Waals surface area contributed by atoms with Crippen LogP contribution in [0.1, 0.15) is 373 Å². The van der Waals surface area contributed by atoms with Crippen molar-refractivity contribution in [1.29, 1.82) is 0 Å². The van der Waals surface area contributed by atoms with Crippen LogP contribution >= 0.6 is 0 Å². The van der Waals surface area contributed by atoms with Crippen LogP contribution in [-0.2, 0) is 33.3 Å². The largest absolute Gasteiger partial charge is 0.477 e. The van der Waals surface area contributed by atoms with E-state index in [9.17, 15) is 19.5 Å². The van der Waals surface area contributed by atoms with Crippen LogP contribution in [0.25, 0.3) is 0 Å².